The maximum absolute atomic E-state index is 13.9. The lowest BCUT2D eigenvalue weighted by atomic mass is 9.88. The SMILES string of the molecule is O=C1CC(c2ccc3c(c2)OCO3)c2c(c(C(=O)O)cn2-c2cccc(F)c2)N1. The number of benzene rings is 2. The molecule has 1 unspecified atom stereocenters. The molecule has 1 aromatic heterocycles. The largest absolute Gasteiger partial charge is 0.478 e. The quantitative estimate of drug-likeness (QED) is 0.710. The molecule has 2 aliphatic rings. The molecule has 0 bridgehead atoms. The molecule has 2 N–H and O–H groups in total. The van der Waals surface area contributed by atoms with Crippen molar-refractivity contribution < 1.29 is 28.6 Å². The highest BCUT2D eigenvalue weighted by Gasteiger charge is 2.35. The molecular weight excluding hydrogens is 379 g/mol. The Labute approximate surface area is 164 Å². The molecular formula is C21H15FN2O5. The molecule has 146 valence electrons. The summed E-state index contributed by atoms with van der Waals surface area (Å²) in [6, 6.07) is 11.2. The highest BCUT2D eigenvalue weighted by molar-refractivity contribution is 6.04. The Morgan fingerprint density at radius 1 is 1.17 bits per heavy atom. The average molecular weight is 394 g/mol. The first-order chi connectivity index (χ1) is 14.0. The molecule has 29 heavy (non-hydrogen) atoms. The van der Waals surface area contributed by atoms with Crippen molar-refractivity contribution in [2.45, 2.75) is 12.3 Å². The van der Waals surface area contributed by atoms with Gasteiger partial charge in [-0.3, -0.25) is 4.79 Å². The number of nitrogens with zero attached hydrogens (tertiary/aromatic N) is 1. The molecule has 1 atom stereocenters. The number of hydrogen-bond donors (Lipinski definition) is 2. The van der Waals surface area contributed by atoms with Crippen LogP contribution in [0.1, 0.15) is 34.0 Å². The summed E-state index contributed by atoms with van der Waals surface area (Å²) in [6.45, 7) is 0.123. The number of carbonyl (C=O) groups is 2. The summed E-state index contributed by atoms with van der Waals surface area (Å²) in [7, 11) is 0. The van der Waals surface area contributed by atoms with Gasteiger partial charge in [-0.05, 0) is 35.9 Å². The summed E-state index contributed by atoms with van der Waals surface area (Å²) in [6.07, 6.45) is 1.53. The van der Waals surface area contributed by atoms with E-state index in [0.29, 0.717) is 22.9 Å². The minimum absolute atomic E-state index is 0.0527. The average Bonchev–Trinajstić information content (AvgIpc) is 3.31. The van der Waals surface area contributed by atoms with Crippen molar-refractivity contribution in [1.29, 1.82) is 0 Å². The van der Waals surface area contributed by atoms with Crippen molar-refractivity contribution in [1.82, 2.24) is 4.57 Å². The van der Waals surface area contributed by atoms with Crippen LogP contribution in [0.2, 0.25) is 0 Å². The van der Waals surface area contributed by atoms with Crippen molar-refractivity contribution in [3.63, 3.8) is 0 Å². The Morgan fingerprint density at radius 2 is 2.00 bits per heavy atom. The fraction of sp³-hybridized carbons (Fsp3) is 0.143. The van der Waals surface area contributed by atoms with Crippen LogP contribution in [0.4, 0.5) is 10.1 Å². The number of amides is 1. The van der Waals surface area contributed by atoms with Crippen LogP contribution in [0.5, 0.6) is 11.5 Å². The van der Waals surface area contributed by atoms with Crippen molar-refractivity contribution in [2.24, 2.45) is 0 Å². The third kappa shape index (κ3) is 2.80. The number of fused-ring (bicyclic) bond motifs is 2. The Morgan fingerprint density at radius 3 is 2.79 bits per heavy atom. The van der Waals surface area contributed by atoms with Gasteiger partial charge >= 0.3 is 5.97 Å². The monoisotopic (exact) mass is 394 g/mol. The molecule has 1 amide bonds. The van der Waals surface area contributed by atoms with Gasteiger partial charge in [-0.15, -0.1) is 0 Å². The zero-order valence-electron chi connectivity index (χ0n) is 15.0. The smallest absolute Gasteiger partial charge is 0.339 e. The van der Waals surface area contributed by atoms with E-state index in [9.17, 15) is 19.1 Å². The van der Waals surface area contributed by atoms with Crippen molar-refractivity contribution >= 4 is 17.6 Å². The number of carbonyl (C=O) groups excluding carboxylic acids is 1. The molecule has 0 radical (unpaired) electrons. The van der Waals surface area contributed by atoms with Crippen LogP contribution in [-0.4, -0.2) is 28.3 Å². The minimum atomic E-state index is -1.18. The van der Waals surface area contributed by atoms with E-state index in [-0.39, 0.29) is 30.4 Å². The fourth-order valence-corrected chi connectivity index (χ4v) is 3.87. The second-order valence-electron chi connectivity index (χ2n) is 6.88. The first kappa shape index (κ1) is 17.3. The van der Waals surface area contributed by atoms with Gasteiger partial charge in [0.05, 0.1) is 11.4 Å². The molecule has 8 heteroatoms. The zero-order valence-corrected chi connectivity index (χ0v) is 15.0. The number of aromatic nitrogens is 1. The van der Waals surface area contributed by atoms with E-state index in [4.69, 9.17) is 9.47 Å². The van der Waals surface area contributed by atoms with Crippen LogP contribution in [0, 0.1) is 5.82 Å². The van der Waals surface area contributed by atoms with Gasteiger partial charge in [0.1, 0.15) is 11.4 Å². The van der Waals surface area contributed by atoms with Crippen LogP contribution in [-0.2, 0) is 4.79 Å². The number of ether oxygens (including phenoxy) is 2. The molecule has 0 saturated carbocycles. The number of carboxylic acids is 1. The molecule has 0 aliphatic carbocycles. The Bertz CT molecular complexity index is 1170. The second kappa shape index (κ2) is 6.37. The third-order valence-corrected chi connectivity index (χ3v) is 5.14. The normalized spacial score (nSPS) is 17.0. The van der Waals surface area contributed by atoms with E-state index in [1.807, 2.05) is 6.07 Å². The molecule has 2 aliphatic heterocycles. The number of hydrogen-bond acceptors (Lipinski definition) is 4. The fourth-order valence-electron chi connectivity index (χ4n) is 3.87. The van der Waals surface area contributed by atoms with E-state index in [2.05, 4.69) is 5.32 Å². The third-order valence-electron chi connectivity index (χ3n) is 5.14. The van der Waals surface area contributed by atoms with Gasteiger partial charge in [-0.1, -0.05) is 12.1 Å². The zero-order chi connectivity index (χ0) is 20.1. The molecule has 0 fully saturated rings. The highest BCUT2D eigenvalue weighted by atomic mass is 19.1. The lowest BCUT2D eigenvalue weighted by molar-refractivity contribution is -0.116. The van der Waals surface area contributed by atoms with Crippen LogP contribution in [0.3, 0.4) is 0 Å². The van der Waals surface area contributed by atoms with Crippen LogP contribution in [0.15, 0.2) is 48.7 Å². The first-order valence-corrected chi connectivity index (χ1v) is 8.95. The molecule has 2 aromatic carbocycles. The van der Waals surface area contributed by atoms with E-state index in [1.165, 1.54) is 18.3 Å². The molecule has 0 spiro atoms. The minimum Gasteiger partial charge on any atom is -0.478 e. The van der Waals surface area contributed by atoms with Crippen LogP contribution < -0.4 is 14.8 Å². The van der Waals surface area contributed by atoms with Gasteiger partial charge in [-0.25, -0.2) is 9.18 Å². The van der Waals surface area contributed by atoms with Gasteiger partial charge in [0.25, 0.3) is 0 Å². The number of nitrogens with one attached hydrogen (secondary N) is 1. The predicted molar refractivity (Wildman–Crippen MR) is 100 cm³/mol. The van der Waals surface area contributed by atoms with Crippen molar-refractivity contribution in [2.75, 3.05) is 12.1 Å². The summed E-state index contributed by atoms with van der Waals surface area (Å²) in [5.74, 6) is -1.17. The Hall–Kier alpha value is -3.81. The number of rotatable bonds is 3. The topological polar surface area (TPSA) is 89.8 Å². The van der Waals surface area contributed by atoms with Gasteiger partial charge in [0, 0.05) is 24.2 Å². The summed E-state index contributed by atoms with van der Waals surface area (Å²) >= 11 is 0. The van der Waals surface area contributed by atoms with E-state index in [1.54, 1.807) is 28.8 Å². The Kier molecular flexibility index (Phi) is 3.80. The van der Waals surface area contributed by atoms with Crippen molar-refractivity contribution in [3.8, 4) is 17.2 Å². The van der Waals surface area contributed by atoms with E-state index in [0.717, 1.165) is 5.56 Å². The van der Waals surface area contributed by atoms with Gasteiger partial charge < -0.3 is 24.5 Å². The van der Waals surface area contributed by atoms with Gasteiger partial charge in [-0.2, -0.15) is 0 Å². The van der Waals surface area contributed by atoms with E-state index < -0.39 is 17.7 Å². The van der Waals surface area contributed by atoms with E-state index >= 15 is 0 Å². The second-order valence-corrected chi connectivity index (χ2v) is 6.88. The maximum atomic E-state index is 13.9. The lowest BCUT2D eigenvalue weighted by Gasteiger charge is -2.26. The number of aromatic carboxylic acids is 1. The highest BCUT2D eigenvalue weighted by Crippen LogP contribution is 2.44. The molecule has 7 nitrogen and oxygen atoms in total. The molecule has 5 rings (SSSR count). The van der Waals surface area contributed by atoms with Crippen LogP contribution in [0.25, 0.3) is 5.69 Å². The van der Waals surface area contributed by atoms with Gasteiger partial charge in [0.2, 0.25) is 12.7 Å². The molecule has 3 heterocycles. The molecule has 3 aromatic rings. The first-order valence-electron chi connectivity index (χ1n) is 8.95. The standard InChI is InChI=1S/C21H15FN2O5/c22-12-2-1-3-13(7-12)24-9-15(21(26)27)19-20(24)14(8-18(25)23-19)11-4-5-16-17(6-11)29-10-28-16/h1-7,9,14H,8,10H2,(H,23,25)(H,26,27). The van der Waals surface area contributed by atoms with Crippen LogP contribution >= 0.6 is 0 Å². The maximum Gasteiger partial charge on any atom is 0.339 e. The summed E-state index contributed by atoms with van der Waals surface area (Å²) in [5.41, 5.74) is 1.99. The summed E-state index contributed by atoms with van der Waals surface area (Å²) in [4.78, 5) is 24.2. The summed E-state index contributed by atoms with van der Waals surface area (Å²) in [5, 5.41) is 12.3. The van der Waals surface area contributed by atoms with Gasteiger partial charge in [0.15, 0.2) is 11.5 Å². The Balaban J connectivity index is 1.73. The lowest BCUT2D eigenvalue weighted by Crippen LogP contribution is -2.25. The number of halogens is 1. The number of carboxylic acid groups (broad SMARTS) is 1. The predicted octanol–water partition coefficient (Wildman–Crippen LogP) is 3.52. The molecule has 0 saturated heterocycles. The summed E-state index contributed by atoms with van der Waals surface area (Å²) < 4.78 is 26.3. The number of anilines is 1. The van der Waals surface area contributed by atoms with Crippen molar-refractivity contribution in [3.05, 3.63) is 71.3 Å².